The van der Waals surface area contributed by atoms with Crippen LogP contribution in [0.1, 0.15) is 45.2 Å². The van der Waals surface area contributed by atoms with Crippen molar-refractivity contribution in [3.8, 4) is 0 Å². The highest BCUT2D eigenvalue weighted by atomic mass is 32.1. The molecule has 1 atom stereocenters. The lowest BCUT2D eigenvalue weighted by molar-refractivity contribution is 0.217. The standard InChI is InChI=1S/C12H20N2S/c1-9-8-15-11(13-9)14-10-6-4-5-7-12(10,2)3/h8,10H,4-7H2,1-3H3,(H,13,14). The first kappa shape index (κ1) is 10.9. The topological polar surface area (TPSA) is 24.9 Å². The average Bonchev–Trinajstić information content (AvgIpc) is 2.55. The van der Waals surface area contributed by atoms with E-state index in [4.69, 9.17) is 0 Å². The monoisotopic (exact) mass is 224 g/mol. The van der Waals surface area contributed by atoms with Gasteiger partial charge in [0.1, 0.15) is 0 Å². The van der Waals surface area contributed by atoms with Crippen LogP contribution in [0.5, 0.6) is 0 Å². The highest BCUT2D eigenvalue weighted by Crippen LogP contribution is 2.37. The number of thiazole rings is 1. The molecule has 2 rings (SSSR count). The summed E-state index contributed by atoms with van der Waals surface area (Å²) in [6.07, 6.45) is 5.34. The Bertz CT molecular complexity index is 330. The molecular formula is C12H20N2S. The molecule has 0 spiro atoms. The molecule has 1 aliphatic rings. The zero-order valence-corrected chi connectivity index (χ0v) is 10.7. The van der Waals surface area contributed by atoms with Crippen molar-refractivity contribution < 1.29 is 0 Å². The summed E-state index contributed by atoms with van der Waals surface area (Å²) in [4.78, 5) is 4.48. The third-order valence-corrected chi connectivity index (χ3v) is 4.32. The molecule has 1 aromatic heterocycles. The summed E-state index contributed by atoms with van der Waals surface area (Å²) < 4.78 is 0. The van der Waals surface area contributed by atoms with Gasteiger partial charge in [-0.1, -0.05) is 26.7 Å². The van der Waals surface area contributed by atoms with Crippen LogP contribution >= 0.6 is 11.3 Å². The fourth-order valence-electron chi connectivity index (χ4n) is 2.33. The molecule has 3 heteroatoms. The van der Waals surface area contributed by atoms with Crippen LogP contribution in [0.3, 0.4) is 0 Å². The summed E-state index contributed by atoms with van der Waals surface area (Å²) >= 11 is 1.72. The SMILES string of the molecule is Cc1csc(NC2CCCCC2(C)C)n1. The lowest BCUT2D eigenvalue weighted by atomic mass is 9.73. The third-order valence-electron chi connectivity index (χ3n) is 3.42. The van der Waals surface area contributed by atoms with E-state index in [1.54, 1.807) is 11.3 Å². The summed E-state index contributed by atoms with van der Waals surface area (Å²) in [7, 11) is 0. The van der Waals surface area contributed by atoms with E-state index in [2.05, 4.69) is 29.5 Å². The first-order valence-corrected chi connectivity index (χ1v) is 6.64. The van der Waals surface area contributed by atoms with Crippen molar-refractivity contribution in [2.24, 2.45) is 5.41 Å². The van der Waals surface area contributed by atoms with Crippen molar-refractivity contribution >= 4 is 16.5 Å². The van der Waals surface area contributed by atoms with Gasteiger partial charge in [-0.3, -0.25) is 0 Å². The van der Waals surface area contributed by atoms with Crippen LogP contribution < -0.4 is 5.32 Å². The molecule has 0 aliphatic heterocycles. The molecule has 1 aliphatic carbocycles. The fraction of sp³-hybridized carbons (Fsp3) is 0.750. The Morgan fingerprint density at radius 3 is 2.87 bits per heavy atom. The maximum atomic E-state index is 4.48. The maximum absolute atomic E-state index is 4.48. The molecule has 15 heavy (non-hydrogen) atoms. The largest absolute Gasteiger partial charge is 0.358 e. The average molecular weight is 224 g/mol. The fourth-order valence-corrected chi connectivity index (χ4v) is 3.07. The Labute approximate surface area is 96.1 Å². The van der Waals surface area contributed by atoms with Gasteiger partial charge in [0.15, 0.2) is 5.13 Å². The maximum Gasteiger partial charge on any atom is 0.183 e. The number of nitrogens with zero attached hydrogens (tertiary/aromatic N) is 1. The summed E-state index contributed by atoms with van der Waals surface area (Å²) in [5, 5.41) is 6.80. The molecule has 1 unspecified atom stereocenters. The minimum atomic E-state index is 0.415. The van der Waals surface area contributed by atoms with E-state index in [0.29, 0.717) is 11.5 Å². The van der Waals surface area contributed by atoms with Gasteiger partial charge in [-0.15, -0.1) is 11.3 Å². The van der Waals surface area contributed by atoms with E-state index in [-0.39, 0.29) is 0 Å². The number of anilines is 1. The zero-order valence-electron chi connectivity index (χ0n) is 9.84. The Kier molecular flexibility index (Phi) is 3.01. The summed E-state index contributed by atoms with van der Waals surface area (Å²) in [6, 6.07) is 0.594. The van der Waals surface area contributed by atoms with Crippen molar-refractivity contribution in [2.75, 3.05) is 5.32 Å². The van der Waals surface area contributed by atoms with Crippen LogP contribution in [-0.4, -0.2) is 11.0 Å². The van der Waals surface area contributed by atoms with Gasteiger partial charge in [0.2, 0.25) is 0 Å². The Balaban J connectivity index is 2.04. The number of hydrogen-bond donors (Lipinski definition) is 1. The Morgan fingerprint density at radius 2 is 2.27 bits per heavy atom. The van der Waals surface area contributed by atoms with Crippen LogP contribution in [-0.2, 0) is 0 Å². The molecule has 84 valence electrons. The van der Waals surface area contributed by atoms with Gasteiger partial charge in [-0.25, -0.2) is 4.98 Å². The smallest absolute Gasteiger partial charge is 0.183 e. The van der Waals surface area contributed by atoms with Crippen LogP contribution in [0.15, 0.2) is 5.38 Å². The minimum Gasteiger partial charge on any atom is -0.358 e. The Hall–Kier alpha value is -0.570. The zero-order chi connectivity index (χ0) is 10.9. The van der Waals surface area contributed by atoms with Crippen molar-refractivity contribution in [2.45, 2.75) is 52.5 Å². The molecule has 1 fully saturated rings. The molecule has 0 aromatic carbocycles. The summed E-state index contributed by atoms with van der Waals surface area (Å²) in [5.41, 5.74) is 1.54. The number of aryl methyl sites for hydroxylation is 1. The van der Waals surface area contributed by atoms with E-state index >= 15 is 0 Å². The second kappa shape index (κ2) is 4.12. The predicted octanol–water partition coefficient (Wildman–Crippen LogP) is 3.83. The van der Waals surface area contributed by atoms with Crippen molar-refractivity contribution in [3.05, 3.63) is 11.1 Å². The summed E-state index contributed by atoms with van der Waals surface area (Å²) in [5.74, 6) is 0. The molecule has 1 saturated carbocycles. The van der Waals surface area contributed by atoms with Crippen LogP contribution in [0, 0.1) is 12.3 Å². The third kappa shape index (κ3) is 2.51. The molecule has 1 N–H and O–H groups in total. The lowest BCUT2D eigenvalue weighted by Gasteiger charge is -2.38. The van der Waals surface area contributed by atoms with E-state index in [0.717, 1.165) is 10.8 Å². The second-order valence-electron chi connectivity index (χ2n) is 5.23. The minimum absolute atomic E-state index is 0.415. The highest BCUT2D eigenvalue weighted by Gasteiger charge is 2.32. The van der Waals surface area contributed by atoms with Crippen molar-refractivity contribution in [3.63, 3.8) is 0 Å². The van der Waals surface area contributed by atoms with Crippen molar-refractivity contribution in [1.82, 2.24) is 4.98 Å². The number of hydrogen-bond acceptors (Lipinski definition) is 3. The normalized spacial score (nSPS) is 25.1. The first-order chi connectivity index (χ1) is 7.08. The van der Waals surface area contributed by atoms with Crippen molar-refractivity contribution in [1.29, 1.82) is 0 Å². The van der Waals surface area contributed by atoms with Gasteiger partial charge in [0.25, 0.3) is 0 Å². The molecule has 0 bridgehead atoms. The molecule has 2 nitrogen and oxygen atoms in total. The number of rotatable bonds is 2. The van der Waals surface area contributed by atoms with Gasteiger partial charge < -0.3 is 5.32 Å². The Morgan fingerprint density at radius 1 is 1.47 bits per heavy atom. The quantitative estimate of drug-likeness (QED) is 0.825. The second-order valence-corrected chi connectivity index (χ2v) is 6.08. The molecule has 1 aromatic rings. The van der Waals surface area contributed by atoms with Gasteiger partial charge in [0, 0.05) is 11.4 Å². The van der Waals surface area contributed by atoms with E-state index in [1.807, 2.05) is 6.92 Å². The van der Waals surface area contributed by atoms with E-state index < -0.39 is 0 Å². The molecule has 0 amide bonds. The van der Waals surface area contributed by atoms with E-state index in [9.17, 15) is 0 Å². The van der Waals surface area contributed by atoms with Gasteiger partial charge in [0.05, 0.1) is 5.69 Å². The van der Waals surface area contributed by atoms with Gasteiger partial charge in [-0.05, 0) is 25.2 Å². The number of nitrogens with one attached hydrogen (secondary N) is 1. The molecular weight excluding hydrogens is 204 g/mol. The van der Waals surface area contributed by atoms with Crippen LogP contribution in [0.2, 0.25) is 0 Å². The molecule has 1 heterocycles. The first-order valence-electron chi connectivity index (χ1n) is 5.76. The number of aromatic nitrogens is 1. The highest BCUT2D eigenvalue weighted by molar-refractivity contribution is 7.13. The van der Waals surface area contributed by atoms with Crippen LogP contribution in [0.25, 0.3) is 0 Å². The van der Waals surface area contributed by atoms with Gasteiger partial charge >= 0.3 is 0 Å². The van der Waals surface area contributed by atoms with Crippen LogP contribution in [0.4, 0.5) is 5.13 Å². The molecule has 0 saturated heterocycles. The predicted molar refractivity (Wildman–Crippen MR) is 66.5 cm³/mol. The molecule has 0 radical (unpaired) electrons. The van der Waals surface area contributed by atoms with Gasteiger partial charge in [-0.2, -0.15) is 0 Å². The van der Waals surface area contributed by atoms with E-state index in [1.165, 1.54) is 25.7 Å². The lowest BCUT2D eigenvalue weighted by Crippen LogP contribution is -2.38. The summed E-state index contributed by atoms with van der Waals surface area (Å²) in [6.45, 7) is 6.78.